The monoisotopic (exact) mass is 288 g/mol. The Labute approximate surface area is 120 Å². The third kappa shape index (κ3) is 1.85. The fraction of sp³-hybridized carbons (Fsp3) is 0.154. The van der Waals surface area contributed by atoms with Crippen LogP contribution in [0.5, 0.6) is 0 Å². The molecule has 0 fully saturated rings. The van der Waals surface area contributed by atoms with Crippen molar-refractivity contribution < 1.29 is 0 Å². The molecule has 0 bridgehead atoms. The largest absolute Gasteiger partial charge is 0.383 e. The molecule has 0 saturated heterocycles. The summed E-state index contributed by atoms with van der Waals surface area (Å²) in [6.07, 6.45) is 0. The zero-order valence-electron chi connectivity index (χ0n) is 11.1. The average Bonchev–Trinajstić information content (AvgIpc) is 2.70. The number of fused-ring (bicyclic) bond motifs is 1. The van der Waals surface area contributed by atoms with Crippen LogP contribution < -0.4 is 11.5 Å². The van der Waals surface area contributed by atoms with Gasteiger partial charge in [0.2, 0.25) is 5.95 Å². The van der Waals surface area contributed by atoms with Gasteiger partial charge in [0, 0.05) is 5.02 Å². The molecule has 1 aromatic carbocycles. The highest BCUT2D eigenvalue weighted by Gasteiger charge is 2.15. The SMILES string of the molecule is Cc1ccc(-n2nc(C)c3c(N)nc(N)nc32)cc1Cl. The summed E-state index contributed by atoms with van der Waals surface area (Å²) < 4.78 is 1.67. The van der Waals surface area contributed by atoms with Crippen LogP contribution >= 0.6 is 11.6 Å². The van der Waals surface area contributed by atoms with E-state index >= 15 is 0 Å². The molecule has 0 saturated carbocycles. The Morgan fingerprint density at radius 1 is 1.15 bits per heavy atom. The second-order valence-corrected chi connectivity index (χ2v) is 5.00. The first-order valence-corrected chi connectivity index (χ1v) is 6.40. The van der Waals surface area contributed by atoms with Crippen LogP contribution in [0.1, 0.15) is 11.3 Å². The topological polar surface area (TPSA) is 95.6 Å². The standard InChI is InChI=1S/C13H13ClN6/c1-6-3-4-8(5-9(6)14)20-12-10(7(2)19-20)11(15)17-13(16)18-12/h3-5H,1-2H3,(H4,15,16,17,18). The highest BCUT2D eigenvalue weighted by molar-refractivity contribution is 6.31. The minimum Gasteiger partial charge on any atom is -0.383 e. The van der Waals surface area contributed by atoms with E-state index in [0.29, 0.717) is 21.9 Å². The molecule has 0 unspecified atom stereocenters. The fourth-order valence-electron chi connectivity index (χ4n) is 2.12. The number of nitrogens with zero attached hydrogens (tertiary/aromatic N) is 4. The van der Waals surface area contributed by atoms with Gasteiger partial charge in [-0.1, -0.05) is 17.7 Å². The first kappa shape index (κ1) is 12.7. The van der Waals surface area contributed by atoms with E-state index in [0.717, 1.165) is 16.9 Å². The fourth-order valence-corrected chi connectivity index (χ4v) is 2.30. The smallest absolute Gasteiger partial charge is 0.224 e. The van der Waals surface area contributed by atoms with E-state index in [2.05, 4.69) is 15.1 Å². The molecular formula is C13H13ClN6. The second-order valence-electron chi connectivity index (χ2n) is 4.60. The molecule has 2 heterocycles. The zero-order chi connectivity index (χ0) is 14.4. The number of hydrogen-bond acceptors (Lipinski definition) is 5. The van der Waals surface area contributed by atoms with Gasteiger partial charge in [0.05, 0.1) is 16.8 Å². The Balaban J connectivity index is 2.34. The van der Waals surface area contributed by atoms with Gasteiger partial charge in [0.1, 0.15) is 5.82 Å². The molecular weight excluding hydrogens is 276 g/mol. The average molecular weight is 289 g/mol. The van der Waals surface area contributed by atoms with Crippen molar-refractivity contribution in [1.29, 1.82) is 0 Å². The molecule has 0 radical (unpaired) electrons. The van der Waals surface area contributed by atoms with Crippen LogP contribution in [0.3, 0.4) is 0 Å². The Morgan fingerprint density at radius 3 is 2.60 bits per heavy atom. The molecule has 6 nitrogen and oxygen atoms in total. The molecule has 0 aliphatic carbocycles. The van der Waals surface area contributed by atoms with Crippen molar-refractivity contribution in [2.45, 2.75) is 13.8 Å². The molecule has 0 aliphatic rings. The van der Waals surface area contributed by atoms with E-state index in [4.69, 9.17) is 23.1 Å². The Kier molecular flexibility index (Phi) is 2.76. The summed E-state index contributed by atoms with van der Waals surface area (Å²) in [5, 5.41) is 5.82. The molecule has 0 amide bonds. The van der Waals surface area contributed by atoms with Gasteiger partial charge < -0.3 is 11.5 Å². The number of nitrogen functional groups attached to an aromatic ring is 2. The molecule has 0 atom stereocenters. The van der Waals surface area contributed by atoms with E-state index < -0.39 is 0 Å². The van der Waals surface area contributed by atoms with Crippen LogP contribution in [0.15, 0.2) is 18.2 Å². The summed E-state index contributed by atoms with van der Waals surface area (Å²) in [5.41, 5.74) is 14.7. The molecule has 20 heavy (non-hydrogen) atoms. The second kappa shape index (κ2) is 4.35. The van der Waals surface area contributed by atoms with Crippen LogP contribution in [0, 0.1) is 13.8 Å². The molecule has 0 aliphatic heterocycles. The van der Waals surface area contributed by atoms with Gasteiger partial charge in [-0.2, -0.15) is 15.1 Å². The minimum absolute atomic E-state index is 0.120. The maximum Gasteiger partial charge on any atom is 0.224 e. The Bertz CT molecular complexity index is 823. The number of aryl methyl sites for hydroxylation is 2. The van der Waals surface area contributed by atoms with Gasteiger partial charge in [0.15, 0.2) is 5.65 Å². The number of nitrogens with two attached hydrogens (primary N) is 2. The molecule has 7 heteroatoms. The van der Waals surface area contributed by atoms with Crippen molar-refractivity contribution in [2.75, 3.05) is 11.5 Å². The van der Waals surface area contributed by atoms with Crippen LogP contribution in [0.25, 0.3) is 16.7 Å². The molecule has 2 aromatic heterocycles. The molecule has 3 aromatic rings. The lowest BCUT2D eigenvalue weighted by Gasteiger charge is -2.05. The van der Waals surface area contributed by atoms with Gasteiger partial charge in [-0.3, -0.25) is 0 Å². The summed E-state index contributed by atoms with van der Waals surface area (Å²) in [5.74, 6) is 0.448. The maximum atomic E-state index is 6.16. The van der Waals surface area contributed by atoms with Crippen LogP contribution in [0.4, 0.5) is 11.8 Å². The van der Waals surface area contributed by atoms with Crippen molar-refractivity contribution >= 4 is 34.4 Å². The summed E-state index contributed by atoms with van der Waals surface area (Å²) in [6, 6.07) is 5.67. The van der Waals surface area contributed by atoms with E-state index in [-0.39, 0.29) is 5.95 Å². The lowest BCUT2D eigenvalue weighted by molar-refractivity contribution is 0.877. The van der Waals surface area contributed by atoms with Crippen LogP contribution in [-0.2, 0) is 0 Å². The van der Waals surface area contributed by atoms with E-state index in [9.17, 15) is 0 Å². The van der Waals surface area contributed by atoms with E-state index in [1.54, 1.807) is 4.68 Å². The number of anilines is 2. The Hall–Kier alpha value is -2.34. The van der Waals surface area contributed by atoms with Crippen molar-refractivity contribution in [3.8, 4) is 5.69 Å². The quantitative estimate of drug-likeness (QED) is 0.716. The number of hydrogen-bond donors (Lipinski definition) is 2. The lowest BCUT2D eigenvalue weighted by Crippen LogP contribution is -2.03. The maximum absolute atomic E-state index is 6.16. The van der Waals surface area contributed by atoms with Gasteiger partial charge in [-0.15, -0.1) is 0 Å². The predicted molar refractivity (Wildman–Crippen MR) is 80.0 cm³/mol. The van der Waals surface area contributed by atoms with Crippen molar-refractivity contribution in [1.82, 2.24) is 19.7 Å². The predicted octanol–water partition coefficient (Wildman–Crippen LogP) is 2.25. The molecule has 102 valence electrons. The van der Waals surface area contributed by atoms with Crippen molar-refractivity contribution in [2.24, 2.45) is 0 Å². The van der Waals surface area contributed by atoms with Crippen molar-refractivity contribution in [3.05, 3.63) is 34.5 Å². The molecule has 0 spiro atoms. The highest BCUT2D eigenvalue weighted by atomic mass is 35.5. The molecule has 3 rings (SSSR count). The number of rotatable bonds is 1. The molecule has 4 N–H and O–H groups in total. The van der Waals surface area contributed by atoms with Gasteiger partial charge >= 0.3 is 0 Å². The number of benzene rings is 1. The van der Waals surface area contributed by atoms with Gasteiger partial charge in [-0.25, -0.2) is 4.68 Å². The number of halogens is 1. The van der Waals surface area contributed by atoms with Crippen molar-refractivity contribution in [3.63, 3.8) is 0 Å². The van der Waals surface area contributed by atoms with E-state index in [1.807, 2.05) is 32.0 Å². The third-order valence-corrected chi connectivity index (χ3v) is 3.55. The highest BCUT2D eigenvalue weighted by Crippen LogP contribution is 2.26. The normalized spacial score (nSPS) is 11.2. The summed E-state index contributed by atoms with van der Waals surface area (Å²) in [7, 11) is 0. The Morgan fingerprint density at radius 2 is 1.90 bits per heavy atom. The zero-order valence-corrected chi connectivity index (χ0v) is 11.8. The van der Waals surface area contributed by atoms with E-state index in [1.165, 1.54) is 0 Å². The third-order valence-electron chi connectivity index (χ3n) is 3.15. The summed E-state index contributed by atoms with van der Waals surface area (Å²) in [4.78, 5) is 8.20. The van der Waals surface area contributed by atoms with Gasteiger partial charge in [-0.05, 0) is 31.5 Å². The lowest BCUT2D eigenvalue weighted by atomic mass is 10.2. The summed E-state index contributed by atoms with van der Waals surface area (Å²) >= 11 is 6.16. The summed E-state index contributed by atoms with van der Waals surface area (Å²) in [6.45, 7) is 3.79. The van der Waals surface area contributed by atoms with Crippen LogP contribution in [-0.4, -0.2) is 19.7 Å². The minimum atomic E-state index is 0.120. The first-order chi connectivity index (χ1) is 9.47. The van der Waals surface area contributed by atoms with Crippen LogP contribution in [0.2, 0.25) is 5.02 Å². The number of aromatic nitrogens is 4. The first-order valence-electron chi connectivity index (χ1n) is 6.02. The van der Waals surface area contributed by atoms with Gasteiger partial charge in [0.25, 0.3) is 0 Å².